The van der Waals surface area contributed by atoms with E-state index in [9.17, 15) is 14.0 Å². The Bertz CT molecular complexity index is 1250. The normalized spacial score (nSPS) is 15.8. The van der Waals surface area contributed by atoms with Crippen LogP contribution < -0.4 is 19.9 Å². The fraction of sp³-hybridized carbons (Fsp3) is 0.348. The molecule has 9 heteroatoms. The van der Waals surface area contributed by atoms with Crippen molar-refractivity contribution in [2.45, 2.75) is 13.5 Å². The van der Waals surface area contributed by atoms with Crippen molar-refractivity contribution in [2.75, 3.05) is 44.3 Å². The summed E-state index contributed by atoms with van der Waals surface area (Å²) >= 11 is 0. The van der Waals surface area contributed by atoms with E-state index in [2.05, 4.69) is 0 Å². The number of hydrogen-bond donors (Lipinski definition) is 0. The molecule has 0 unspecified atom stereocenters. The number of anilines is 1. The van der Waals surface area contributed by atoms with E-state index in [1.807, 2.05) is 11.8 Å². The van der Waals surface area contributed by atoms with Gasteiger partial charge >= 0.3 is 0 Å². The smallest absolute Gasteiger partial charge is 0.262 e. The Morgan fingerprint density at radius 3 is 2.47 bits per heavy atom. The van der Waals surface area contributed by atoms with Gasteiger partial charge in [0.2, 0.25) is 5.95 Å². The molecule has 32 heavy (non-hydrogen) atoms. The van der Waals surface area contributed by atoms with Gasteiger partial charge in [-0.25, -0.2) is 9.37 Å². The van der Waals surface area contributed by atoms with Gasteiger partial charge < -0.3 is 19.3 Å². The van der Waals surface area contributed by atoms with Crippen molar-refractivity contribution in [1.29, 1.82) is 0 Å². The van der Waals surface area contributed by atoms with Crippen LogP contribution >= 0.6 is 0 Å². The Labute approximate surface area is 183 Å². The summed E-state index contributed by atoms with van der Waals surface area (Å²) in [6.45, 7) is 5.22. The minimum Gasteiger partial charge on any atom is -0.486 e. The lowest BCUT2D eigenvalue weighted by molar-refractivity contribution is 0.0745. The van der Waals surface area contributed by atoms with Crippen LogP contribution in [0.4, 0.5) is 10.3 Å². The number of piperazine rings is 1. The van der Waals surface area contributed by atoms with E-state index in [1.54, 1.807) is 27.7 Å². The summed E-state index contributed by atoms with van der Waals surface area (Å²) < 4.78 is 26.4. The van der Waals surface area contributed by atoms with E-state index >= 15 is 0 Å². The average molecular weight is 438 g/mol. The summed E-state index contributed by atoms with van der Waals surface area (Å²) in [5.74, 6) is 1.08. The number of carbonyl (C=O) groups excluding carboxylic acids is 1. The zero-order valence-electron chi connectivity index (χ0n) is 17.7. The lowest BCUT2D eigenvalue weighted by atomic mass is 10.1. The standard InChI is InChI=1S/C23H23FN4O4/c1-2-28-22(30)17-13-19-20(32-11-10-31-19)14-18(17)25-23(28)27-8-6-26(7-9-27)21(29)15-4-3-5-16(24)12-15/h3-5,12-14H,2,6-11H2,1H3. The van der Waals surface area contributed by atoms with Gasteiger partial charge in [-0.15, -0.1) is 0 Å². The van der Waals surface area contributed by atoms with Crippen LogP contribution in [0.15, 0.2) is 41.2 Å². The van der Waals surface area contributed by atoms with Crippen LogP contribution in [-0.2, 0) is 6.54 Å². The highest BCUT2D eigenvalue weighted by Gasteiger charge is 2.26. The van der Waals surface area contributed by atoms with Gasteiger partial charge in [-0.3, -0.25) is 14.2 Å². The van der Waals surface area contributed by atoms with Gasteiger partial charge in [0, 0.05) is 44.4 Å². The molecule has 3 heterocycles. The molecule has 0 radical (unpaired) electrons. The van der Waals surface area contributed by atoms with Crippen LogP contribution in [0.3, 0.4) is 0 Å². The average Bonchev–Trinajstić information content (AvgIpc) is 2.82. The number of aromatic nitrogens is 2. The molecule has 2 aromatic carbocycles. The molecule has 0 spiro atoms. The topological polar surface area (TPSA) is 76.9 Å². The van der Waals surface area contributed by atoms with Crippen molar-refractivity contribution in [2.24, 2.45) is 0 Å². The lowest BCUT2D eigenvalue weighted by Crippen LogP contribution is -2.50. The van der Waals surface area contributed by atoms with E-state index in [0.29, 0.717) is 79.9 Å². The number of nitrogens with zero attached hydrogens (tertiary/aromatic N) is 4. The van der Waals surface area contributed by atoms with E-state index in [4.69, 9.17) is 14.5 Å². The van der Waals surface area contributed by atoms with Crippen molar-refractivity contribution in [1.82, 2.24) is 14.5 Å². The second kappa shape index (κ2) is 8.14. The second-order valence-corrected chi connectivity index (χ2v) is 7.76. The molecule has 8 nitrogen and oxygen atoms in total. The summed E-state index contributed by atoms with van der Waals surface area (Å²) in [6.07, 6.45) is 0. The molecule has 0 aliphatic carbocycles. The Kier molecular flexibility index (Phi) is 5.16. The maximum atomic E-state index is 13.5. The fourth-order valence-corrected chi connectivity index (χ4v) is 4.19. The van der Waals surface area contributed by atoms with Crippen LogP contribution in [0.1, 0.15) is 17.3 Å². The van der Waals surface area contributed by atoms with Crippen molar-refractivity contribution in [3.63, 3.8) is 0 Å². The third-order valence-corrected chi connectivity index (χ3v) is 5.84. The fourth-order valence-electron chi connectivity index (χ4n) is 4.19. The summed E-state index contributed by atoms with van der Waals surface area (Å²) in [4.78, 5) is 34.4. The predicted octanol–water partition coefficient (Wildman–Crippen LogP) is 2.29. The quantitative estimate of drug-likeness (QED) is 0.625. The summed E-state index contributed by atoms with van der Waals surface area (Å²) in [5, 5.41) is 0.486. The number of benzene rings is 2. The maximum absolute atomic E-state index is 13.5. The van der Waals surface area contributed by atoms with E-state index < -0.39 is 5.82 Å². The highest BCUT2D eigenvalue weighted by Crippen LogP contribution is 2.33. The van der Waals surface area contributed by atoms with Gasteiger partial charge in [0.1, 0.15) is 19.0 Å². The molecule has 0 atom stereocenters. The Hall–Kier alpha value is -3.62. The van der Waals surface area contributed by atoms with Crippen LogP contribution in [0.25, 0.3) is 10.9 Å². The summed E-state index contributed by atoms with van der Waals surface area (Å²) in [5.41, 5.74) is 0.750. The van der Waals surface area contributed by atoms with Gasteiger partial charge in [-0.2, -0.15) is 0 Å². The zero-order valence-corrected chi connectivity index (χ0v) is 17.7. The molecule has 2 aliphatic heterocycles. The Balaban J connectivity index is 1.42. The first-order valence-electron chi connectivity index (χ1n) is 10.7. The minimum atomic E-state index is -0.432. The predicted molar refractivity (Wildman–Crippen MR) is 117 cm³/mol. The third kappa shape index (κ3) is 3.53. The first kappa shape index (κ1) is 20.3. The SMILES string of the molecule is CCn1c(N2CCN(C(=O)c3cccc(F)c3)CC2)nc2cc3c(cc2c1=O)OCCO3. The van der Waals surface area contributed by atoms with Gasteiger partial charge in [0.15, 0.2) is 11.5 Å². The van der Waals surface area contributed by atoms with Gasteiger partial charge in [0.05, 0.1) is 10.9 Å². The zero-order chi connectivity index (χ0) is 22.2. The summed E-state index contributed by atoms with van der Waals surface area (Å²) in [7, 11) is 0. The van der Waals surface area contributed by atoms with Crippen molar-refractivity contribution >= 4 is 22.8 Å². The van der Waals surface area contributed by atoms with Crippen LogP contribution in [0, 0.1) is 5.82 Å². The van der Waals surface area contributed by atoms with Gasteiger partial charge in [-0.1, -0.05) is 6.07 Å². The molecule has 166 valence electrons. The first-order valence-corrected chi connectivity index (χ1v) is 10.7. The summed E-state index contributed by atoms with van der Waals surface area (Å²) in [6, 6.07) is 9.16. The number of rotatable bonds is 3. The highest BCUT2D eigenvalue weighted by molar-refractivity contribution is 5.94. The molecule has 1 saturated heterocycles. The lowest BCUT2D eigenvalue weighted by Gasteiger charge is -2.36. The van der Waals surface area contributed by atoms with Gasteiger partial charge in [0.25, 0.3) is 11.5 Å². The van der Waals surface area contributed by atoms with Crippen molar-refractivity contribution < 1.29 is 18.7 Å². The number of amides is 1. The van der Waals surface area contributed by atoms with Crippen molar-refractivity contribution in [3.8, 4) is 11.5 Å². The third-order valence-electron chi connectivity index (χ3n) is 5.84. The van der Waals surface area contributed by atoms with E-state index in [1.165, 1.54) is 18.2 Å². The van der Waals surface area contributed by atoms with Gasteiger partial charge in [-0.05, 0) is 31.2 Å². The molecule has 1 amide bonds. The molecule has 2 aliphatic rings. The van der Waals surface area contributed by atoms with E-state index in [0.717, 1.165) is 0 Å². The molecule has 1 fully saturated rings. The van der Waals surface area contributed by atoms with Crippen LogP contribution in [0.5, 0.6) is 11.5 Å². The molecule has 0 bridgehead atoms. The number of fused-ring (bicyclic) bond motifs is 2. The minimum absolute atomic E-state index is 0.136. The number of halogens is 1. The van der Waals surface area contributed by atoms with E-state index in [-0.39, 0.29) is 11.5 Å². The van der Waals surface area contributed by atoms with Crippen LogP contribution in [-0.4, -0.2) is 59.8 Å². The molecule has 5 rings (SSSR count). The molecule has 3 aromatic rings. The molecule has 1 aromatic heterocycles. The molecule has 0 N–H and O–H groups in total. The Morgan fingerprint density at radius 2 is 1.78 bits per heavy atom. The Morgan fingerprint density at radius 1 is 1.06 bits per heavy atom. The largest absolute Gasteiger partial charge is 0.486 e. The molecular formula is C23H23FN4O4. The first-order chi connectivity index (χ1) is 15.5. The molecular weight excluding hydrogens is 415 g/mol. The highest BCUT2D eigenvalue weighted by atomic mass is 19.1. The number of ether oxygens (including phenoxy) is 2. The number of hydrogen-bond acceptors (Lipinski definition) is 6. The maximum Gasteiger partial charge on any atom is 0.262 e. The van der Waals surface area contributed by atoms with Crippen molar-refractivity contribution in [3.05, 3.63) is 58.1 Å². The van der Waals surface area contributed by atoms with Crippen LogP contribution in [0.2, 0.25) is 0 Å². The monoisotopic (exact) mass is 438 g/mol. The number of carbonyl (C=O) groups is 1. The molecule has 0 saturated carbocycles. The second-order valence-electron chi connectivity index (χ2n) is 7.76.